The Hall–Kier alpha value is -3.05. The van der Waals surface area contributed by atoms with E-state index in [1.807, 2.05) is 24.3 Å². The number of rotatable bonds is 4. The summed E-state index contributed by atoms with van der Waals surface area (Å²) < 4.78 is 7.52. The number of para-hydroxylation sites is 1. The highest BCUT2D eigenvalue weighted by Crippen LogP contribution is 2.57. The molecule has 3 aliphatic rings. The molecule has 0 radical (unpaired) electrons. The van der Waals surface area contributed by atoms with Gasteiger partial charge in [0.1, 0.15) is 11.4 Å². The van der Waals surface area contributed by atoms with E-state index >= 15 is 0 Å². The highest BCUT2D eigenvalue weighted by atomic mass is 16.5. The molecule has 0 aliphatic carbocycles. The van der Waals surface area contributed by atoms with E-state index in [4.69, 9.17) is 4.74 Å². The fraction of sp³-hybridized carbons (Fsp3) is 0.370. The third kappa shape index (κ3) is 2.70. The van der Waals surface area contributed by atoms with Crippen molar-refractivity contribution in [1.29, 1.82) is 0 Å². The number of anilines is 1. The van der Waals surface area contributed by atoms with Gasteiger partial charge in [0, 0.05) is 28.7 Å². The Kier molecular flexibility index (Phi) is 4.44. The van der Waals surface area contributed by atoms with Gasteiger partial charge in [-0.2, -0.15) is 0 Å². The number of methoxy groups -OCH3 is 1. The summed E-state index contributed by atoms with van der Waals surface area (Å²) in [7, 11) is 1.65. The molecule has 164 valence electrons. The monoisotopic (exact) mass is 427 g/mol. The Bertz CT molecular complexity index is 1240. The smallest absolute Gasteiger partial charge is 0.272 e. The van der Waals surface area contributed by atoms with Crippen LogP contribution in [-0.2, 0) is 11.2 Å². The minimum absolute atomic E-state index is 0.00434. The molecule has 1 saturated heterocycles. The van der Waals surface area contributed by atoms with Gasteiger partial charge in [0.15, 0.2) is 0 Å². The van der Waals surface area contributed by atoms with Gasteiger partial charge in [-0.05, 0) is 74.2 Å². The van der Waals surface area contributed by atoms with E-state index in [2.05, 4.69) is 52.0 Å². The van der Waals surface area contributed by atoms with Crippen LogP contribution in [0.2, 0.25) is 0 Å². The molecule has 4 heterocycles. The molecule has 32 heavy (non-hydrogen) atoms. The molecule has 5 heteroatoms. The summed E-state index contributed by atoms with van der Waals surface area (Å²) >= 11 is 0. The van der Waals surface area contributed by atoms with E-state index in [1.165, 1.54) is 23.1 Å². The van der Waals surface area contributed by atoms with Gasteiger partial charge < -0.3 is 14.6 Å². The van der Waals surface area contributed by atoms with Gasteiger partial charge in [0.25, 0.3) is 5.91 Å². The lowest BCUT2D eigenvalue weighted by molar-refractivity contribution is -0.111. The number of benzene rings is 2. The van der Waals surface area contributed by atoms with E-state index in [-0.39, 0.29) is 11.3 Å². The van der Waals surface area contributed by atoms with Crippen molar-refractivity contribution in [2.45, 2.75) is 38.6 Å². The third-order valence-electron chi connectivity index (χ3n) is 7.83. The van der Waals surface area contributed by atoms with Crippen molar-refractivity contribution in [3.63, 3.8) is 0 Å². The molecule has 1 aromatic heterocycles. The van der Waals surface area contributed by atoms with E-state index in [9.17, 15) is 4.79 Å². The zero-order chi connectivity index (χ0) is 21.9. The number of hydrogen-bond donors (Lipinski definition) is 1. The molecule has 3 aromatic rings. The van der Waals surface area contributed by atoms with Gasteiger partial charge in [-0.15, -0.1) is 0 Å². The lowest BCUT2D eigenvalue weighted by Crippen LogP contribution is -2.51. The summed E-state index contributed by atoms with van der Waals surface area (Å²) in [5.41, 5.74) is 5.47. The first-order chi connectivity index (χ1) is 15.6. The van der Waals surface area contributed by atoms with Gasteiger partial charge in [0.05, 0.1) is 18.7 Å². The summed E-state index contributed by atoms with van der Waals surface area (Å²) in [5, 5.41) is 4.44. The minimum atomic E-state index is -0.0484. The van der Waals surface area contributed by atoms with Crippen molar-refractivity contribution in [1.82, 2.24) is 9.47 Å². The van der Waals surface area contributed by atoms with Crippen molar-refractivity contribution in [3.8, 4) is 5.75 Å². The lowest BCUT2D eigenvalue weighted by Gasteiger charge is -2.53. The van der Waals surface area contributed by atoms with Gasteiger partial charge in [-0.3, -0.25) is 9.69 Å². The molecule has 2 atom stereocenters. The van der Waals surface area contributed by atoms with Crippen LogP contribution >= 0.6 is 0 Å². The maximum Gasteiger partial charge on any atom is 0.272 e. The Labute approximate surface area is 188 Å². The maximum atomic E-state index is 13.7. The average molecular weight is 428 g/mol. The standard InChI is InChI=1S/C27H29N3O2/c1-3-27-14-6-15-29-16-13-21-20-7-4-5-8-22(20)30(24(21)25(27)29)23(17-27)26(31)28-18-9-11-19(32-2)12-10-18/h4-5,7-12,17,25H,3,6,13-16H2,1-2H3,(H,28,31)/t25-,27+/m1/s1. The fourth-order valence-electron chi connectivity index (χ4n) is 6.32. The highest BCUT2D eigenvalue weighted by Gasteiger charge is 2.50. The number of ether oxygens (including phenoxy) is 1. The lowest BCUT2D eigenvalue weighted by atomic mass is 9.66. The van der Waals surface area contributed by atoms with E-state index < -0.39 is 0 Å². The van der Waals surface area contributed by atoms with E-state index in [0.29, 0.717) is 6.04 Å². The van der Waals surface area contributed by atoms with Crippen molar-refractivity contribution >= 4 is 28.2 Å². The van der Waals surface area contributed by atoms with E-state index in [0.717, 1.165) is 55.0 Å². The average Bonchev–Trinajstić information content (AvgIpc) is 3.18. The number of piperidine rings is 1. The van der Waals surface area contributed by atoms with Crippen LogP contribution in [0.1, 0.15) is 43.5 Å². The molecule has 1 amide bonds. The SMILES string of the molecule is CC[C@@]12C=C(C(=O)Nc3ccc(OC)cc3)n3c4c(c5ccccc53)CCN(CCC1)[C@H]42. The quantitative estimate of drug-likeness (QED) is 0.620. The predicted octanol–water partition coefficient (Wildman–Crippen LogP) is 5.23. The molecule has 0 spiro atoms. The van der Waals surface area contributed by atoms with Crippen LogP contribution in [0.15, 0.2) is 54.6 Å². The minimum Gasteiger partial charge on any atom is -0.497 e. The van der Waals surface area contributed by atoms with Crippen LogP contribution in [-0.4, -0.2) is 35.6 Å². The predicted molar refractivity (Wildman–Crippen MR) is 128 cm³/mol. The first-order valence-corrected chi connectivity index (χ1v) is 11.7. The summed E-state index contributed by atoms with van der Waals surface area (Å²) in [6, 6.07) is 16.5. The summed E-state index contributed by atoms with van der Waals surface area (Å²) in [6.45, 7) is 4.54. The van der Waals surface area contributed by atoms with Crippen LogP contribution in [0.5, 0.6) is 5.75 Å². The Morgan fingerprint density at radius 1 is 1.16 bits per heavy atom. The molecule has 0 bridgehead atoms. The molecule has 1 N–H and O–H groups in total. The highest BCUT2D eigenvalue weighted by molar-refractivity contribution is 6.22. The van der Waals surface area contributed by atoms with Crippen LogP contribution in [0, 0.1) is 5.41 Å². The molecule has 5 nitrogen and oxygen atoms in total. The second kappa shape index (κ2) is 7.24. The Balaban J connectivity index is 1.52. The normalized spacial score (nSPS) is 24.1. The molecule has 2 aromatic carbocycles. The third-order valence-corrected chi connectivity index (χ3v) is 7.83. The second-order valence-electron chi connectivity index (χ2n) is 9.31. The second-order valence-corrected chi connectivity index (χ2v) is 9.31. The zero-order valence-electron chi connectivity index (χ0n) is 18.7. The van der Waals surface area contributed by atoms with Crippen molar-refractivity contribution < 1.29 is 9.53 Å². The Morgan fingerprint density at radius 3 is 2.75 bits per heavy atom. The van der Waals surface area contributed by atoms with Gasteiger partial charge in [-0.25, -0.2) is 0 Å². The number of aromatic nitrogens is 1. The maximum absolute atomic E-state index is 13.7. The Morgan fingerprint density at radius 2 is 1.97 bits per heavy atom. The van der Waals surface area contributed by atoms with Crippen LogP contribution < -0.4 is 10.1 Å². The summed E-state index contributed by atoms with van der Waals surface area (Å²) in [4.78, 5) is 16.4. The zero-order valence-corrected chi connectivity index (χ0v) is 18.7. The molecular weight excluding hydrogens is 398 g/mol. The molecule has 6 rings (SSSR count). The summed E-state index contributed by atoms with van der Waals surface area (Å²) in [5.74, 6) is 0.730. The largest absolute Gasteiger partial charge is 0.497 e. The van der Waals surface area contributed by atoms with Crippen molar-refractivity contribution in [3.05, 3.63) is 65.9 Å². The van der Waals surface area contributed by atoms with Crippen LogP contribution in [0.4, 0.5) is 5.69 Å². The molecular formula is C27H29N3O2. The van der Waals surface area contributed by atoms with Crippen LogP contribution in [0.25, 0.3) is 16.6 Å². The molecule has 3 aliphatic heterocycles. The number of nitrogens with zero attached hydrogens (tertiary/aromatic N) is 2. The summed E-state index contributed by atoms with van der Waals surface area (Å²) in [6.07, 6.45) is 6.70. The topological polar surface area (TPSA) is 46.5 Å². The van der Waals surface area contributed by atoms with Gasteiger partial charge in [-0.1, -0.05) is 25.1 Å². The van der Waals surface area contributed by atoms with Gasteiger partial charge in [0.2, 0.25) is 0 Å². The number of amides is 1. The first-order valence-electron chi connectivity index (χ1n) is 11.7. The molecule has 0 unspecified atom stereocenters. The van der Waals surface area contributed by atoms with Crippen molar-refractivity contribution in [2.24, 2.45) is 5.41 Å². The number of carbonyl (C=O) groups is 1. The van der Waals surface area contributed by atoms with Gasteiger partial charge >= 0.3 is 0 Å². The number of nitrogens with one attached hydrogen (secondary N) is 1. The van der Waals surface area contributed by atoms with Crippen LogP contribution in [0.3, 0.4) is 0 Å². The molecule has 0 saturated carbocycles. The molecule has 1 fully saturated rings. The first kappa shape index (κ1) is 19.6. The number of fused-ring (bicyclic) bond motifs is 3. The van der Waals surface area contributed by atoms with E-state index in [1.54, 1.807) is 7.11 Å². The number of carbonyl (C=O) groups excluding carboxylic acids is 1. The van der Waals surface area contributed by atoms with Crippen molar-refractivity contribution in [2.75, 3.05) is 25.5 Å². The number of hydrogen-bond acceptors (Lipinski definition) is 3. The fourth-order valence-corrected chi connectivity index (χ4v) is 6.32.